The summed E-state index contributed by atoms with van der Waals surface area (Å²) in [6.07, 6.45) is 3.81. The summed E-state index contributed by atoms with van der Waals surface area (Å²) in [6, 6.07) is 0.526. The number of hydrogen-bond donors (Lipinski definition) is 1. The van der Waals surface area contributed by atoms with E-state index in [2.05, 4.69) is 24.1 Å². The van der Waals surface area contributed by atoms with Crippen LogP contribution in [0.2, 0.25) is 0 Å². The molecule has 4 nitrogen and oxygen atoms in total. The van der Waals surface area contributed by atoms with Gasteiger partial charge in [-0.1, -0.05) is 6.92 Å². The zero-order valence-corrected chi connectivity index (χ0v) is 13.9. The molecule has 0 amide bonds. The molecule has 4 heteroatoms. The quantitative estimate of drug-likeness (QED) is 0.626. The molecule has 2 unspecified atom stereocenters. The maximum Gasteiger partial charge on any atom is 0.169 e. The van der Waals surface area contributed by atoms with E-state index < -0.39 is 0 Å². The minimum atomic E-state index is -0.109. The Kier molecular flexibility index (Phi) is 9.44. The molecule has 0 aromatic carbocycles. The summed E-state index contributed by atoms with van der Waals surface area (Å²) in [5.74, 6) is 0.749. The Bertz CT molecular complexity index is 231. The molecule has 1 aliphatic rings. The first kappa shape index (κ1) is 17.9. The molecule has 2 atom stereocenters. The van der Waals surface area contributed by atoms with Gasteiger partial charge in [-0.25, -0.2) is 0 Å². The van der Waals surface area contributed by atoms with Crippen molar-refractivity contribution in [3.8, 4) is 0 Å². The average Bonchev–Trinajstić information content (AvgIpc) is 2.45. The van der Waals surface area contributed by atoms with E-state index in [1.54, 1.807) is 0 Å². The molecule has 0 radical (unpaired) electrons. The number of nitrogens with zero attached hydrogens (tertiary/aromatic N) is 1. The first-order valence-corrected chi connectivity index (χ1v) is 8.40. The fourth-order valence-electron chi connectivity index (χ4n) is 3.01. The van der Waals surface area contributed by atoms with Gasteiger partial charge in [0.25, 0.3) is 0 Å². The third-order valence-corrected chi connectivity index (χ3v) is 4.10. The smallest absolute Gasteiger partial charge is 0.169 e. The Morgan fingerprint density at radius 2 is 1.90 bits per heavy atom. The molecule has 0 aliphatic carbocycles. The molecule has 120 valence electrons. The lowest BCUT2D eigenvalue weighted by molar-refractivity contribution is -0.134. The van der Waals surface area contributed by atoms with Gasteiger partial charge in [0.05, 0.1) is 0 Å². The van der Waals surface area contributed by atoms with Crippen molar-refractivity contribution in [1.82, 2.24) is 10.2 Å². The van der Waals surface area contributed by atoms with Gasteiger partial charge in [0.2, 0.25) is 0 Å². The molecule has 0 aromatic rings. The minimum absolute atomic E-state index is 0.109. The Labute approximate surface area is 125 Å². The van der Waals surface area contributed by atoms with Crippen molar-refractivity contribution in [1.29, 1.82) is 0 Å². The fraction of sp³-hybridized carbons (Fsp3) is 1.00. The fourth-order valence-corrected chi connectivity index (χ4v) is 3.01. The van der Waals surface area contributed by atoms with E-state index in [0.717, 1.165) is 12.5 Å². The van der Waals surface area contributed by atoms with E-state index in [4.69, 9.17) is 9.47 Å². The van der Waals surface area contributed by atoms with Crippen LogP contribution in [0.3, 0.4) is 0 Å². The Hall–Kier alpha value is -0.160. The van der Waals surface area contributed by atoms with E-state index in [0.29, 0.717) is 19.3 Å². The van der Waals surface area contributed by atoms with Crippen molar-refractivity contribution in [2.75, 3.05) is 39.4 Å². The van der Waals surface area contributed by atoms with E-state index in [9.17, 15) is 0 Å². The lowest BCUT2D eigenvalue weighted by atomic mass is 9.91. The SMILES string of the molecule is CCCN1CCCC(C(C)NCC(OCC)OCC)C1. The minimum Gasteiger partial charge on any atom is -0.352 e. The highest BCUT2D eigenvalue weighted by molar-refractivity contribution is 4.80. The molecule has 1 aliphatic heterocycles. The first-order valence-electron chi connectivity index (χ1n) is 8.40. The molecule has 1 heterocycles. The monoisotopic (exact) mass is 286 g/mol. The van der Waals surface area contributed by atoms with Crippen LogP contribution in [-0.4, -0.2) is 56.6 Å². The van der Waals surface area contributed by atoms with Gasteiger partial charge in [-0.2, -0.15) is 0 Å². The number of likely N-dealkylation sites (tertiary alicyclic amines) is 1. The largest absolute Gasteiger partial charge is 0.352 e. The standard InChI is InChI=1S/C16H34N2O2/c1-5-10-18-11-8-9-15(13-18)14(4)17-12-16(19-6-2)20-7-3/h14-17H,5-13H2,1-4H3. The maximum absolute atomic E-state index is 5.58. The van der Waals surface area contributed by atoms with Crippen molar-refractivity contribution < 1.29 is 9.47 Å². The Morgan fingerprint density at radius 1 is 1.20 bits per heavy atom. The summed E-state index contributed by atoms with van der Waals surface area (Å²) in [4.78, 5) is 2.61. The number of nitrogens with one attached hydrogen (secondary N) is 1. The number of rotatable bonds is 10. The highest BCUT2D eigenvalue weighted by Crippen LogP contribution is 2.19. The molecule has 0 aromatic heterocycles. The van der Waals surface area contributed by atoms with Crippen molar-refractivity contribution in [3.05, 3.63) is 0 Å². The molecule has 1 fully saturated rings. The van der Waals surface area contributed by atoms with Gasteiger partial charge < -0.3 is 19.7 Å². The predicted molar refractivity (Wildman–Crippen MR) is 84.0 cm³/mol. The highest BCUT2D eigenvalue weighted by Gasteiger charge is 2.24. The van der Waals surface area contributed by atoms with Crippen molar-refractivity contribution >= 4 is 0 Å². The summed E-state index contributed by atoms with van der Waals surface area (Å²) in [6.45, 7) is 14.5. The second-order valence-electron chi connectivity index (χ2n) is 5.74. The van der Waals surface area contributed by atoms with Gasteiger partial charge in [0, 0.05) is 32.3 Å². The number of piperidine rings is 1. The molecule has 0 bridgehead atoms. The van der Waals surface area contributed by atoms with Gasteiger partial charge in [-0.05, 0) is 59.0 Å². The van der Waals surface area contributed by atoms with Crippen LogP contribution in [0.1, 0.15) is 47.0 Å². The van der Waals surface area contributed by atoms with Gasteiger partial charge in [-0.3, -0.25) is 0 Å². The molecule has 0 saturated carbocycles. The predicted octanol–water partition coefficient (Wildman–Crippen LogP) is 2.49. The topological polar surface area (TPSA) is 33.7 Å². The second kappa shape index (κ2) is 10.6. The van der Waals surface area contributed by atoms with Crippen LogP contribution >= 0.6 is 0 Å². The zero-order chi connectivity index (χ0) is 14.8. The van der Waals surface area contributed by atoms with Gasteiger partial charge in [-0.15, -0.1) is 0 Å². The van der Waals surface area contributed by atoms with E-state index in [1.807, 2.05) is 13.8 Å². The molecule has 1 rings (SSSR count). The van der Waals surface area contributed by atoms with Gasteiger partial charge in [0.15, 0.2) is 6.29 Å². The summed E-state index contributed by atoms with van der Waals surface area (Å²) >= 11 is 0. The van der Waals surface area contributed by atoms with Crippen LogP contribution in [-0.2, 0) is 9.47 Å². The van der Waals surface area contributed by atoms with Crippen LogP contribution in [0.5, 0.6) is 0 Å². The number of ether oxygens (including phenoxy) is 2. The second-order valence-corrected chi connectivity index (χ2v) is 5.74. The maximum atomic E-state index is 5.58. The molecule has 0 spiro atoms. The van der Waals surface area contributed by atoms with Crippen LogP contribution in [0, 0.1) is 5.92 Å². The lowest BCUT2D eigenvalue weighted by Gasteiger charge is -2.36. The first-order chi connectivity index (χ1) is 9.71. The van der Waals surface area contributed by atoms with E-state index >= 15 is 0 Å². The molecule has 1 saturated heterocycles. The summed E-state index contributed by atoms with van der Waals surface area (Å²) in [5.41, 5.74) is 0. The third kappa shape index (κ3) is 6.53. The Morgan fingerprint density at radius 3 is 2.50 bits per heavy atom. The number of hydrogen-bond acceptors (Lipinski definition) is 4. The van der Waals surface area contributed by atoms with Crippen LogP contribution in [0.4, 0.5) is 0 Å². The van der Waals surface area contributed by atoms with Crippen LogP contribution < -0.4 is 5.32 Å². The molecule has 1 N–H and O–H groups in total. The van der Waals surface area contributed by atoms with Crippen molar-refractivity contribution in [2.45, 2.75) is 59.3 Å². The van der Waals surface area contributed by atoms with Crippen LogP contribution in [0.25, 0.3) is 0 Å². The lowest BCUT2D eigenvalue weighted by Crippen LogP contribution is -2.46. The van der Waals surface area contributed by atoms with E-state index in [-0.39, 0.29) is 6.29 Å². The van der Waals surface area contributed by atoms with Gasteiger partial charge in [0.1, 0.15) is 0 Å². The summed E-state index contributed by atoms with van der Waals surface area (Å²) in [7, 11) is 0. The molecule has 20 heavy (non-hydrogen) atoms. The molecular formula is C16H34N2O2. The van der Waals surface area contributed by atoms with E-state index in [1.165, 1.54) is 38.9 Å². The normalized spacial score (nSPS) is 22.4. The van der Waals surface area contributed by atoms with Crippen molar-refractivity contribution in [2.24, 2.45) is 5.92 Å². The van der Waals surface area contributed by atoms with Crippen LogP contribution in [0.15, 0.2) is 0 Å². The average molecular weight is 286 g/mol. The third-order valence-electron chi connectivity index (χ3n) is 4.10. The summed E-state index contributed by atoms with van der Waals surface area (Å²) < 4.78 is 11.2. The zero-order valence-electron chi connectivity index (χ0n) is 13.9. The van der Waals surface area contributed by atoms with Crippen molar-refractivity contribution in [3.63, 3.8) is 0 Å². The summed E-state index contributed by atoms with van der Waals surface area (Å²) in [5, 5.41) is 3.61. The molecular weight excluding hydrogens is 252 g/mol. The highest BCUT2D eigenvalue weighted by atomic mass is 16.7. The van der Waals surface area contributed by atoms with Gasteiger partial charge >= 0.3 is 0 Å². The Balaban J connectivity index is 2.31.